The summed E-state index contributed by atoms with van der Waals surface area (Å²) in [5.74, 6) is -0.570. The Morgan fingerprint density at radius 1 is 1.29 bits per heavy atom. The van der Waals surface area contributed by atoms with Crippen LogP contribution in [0.3, 0.4) is 0 Å². The zero-order chi connectivity index (χ0) is 13.1. The standard InChI is InChI=1S/C11H11BrF4O/c1-7-5-8(12)6-9(13)10(7)17-4-2-3-11(14,15)16/h5-6H,2-4H2,1H3. The van der Waals surface area contributed by atoms with Gasteiger partial charge in [-0.15, -0.1) is 0 Å². The molecule has 0 N–H and O–H groups in total. The maximum atomic E-state index is 13.4. The van der Waals surface area contributed by atoms with Gasteiger partial charge in [-0.2, -0.15) is 13.2 Å². The lowest BCUT2D eigenvalue weighted by Crippen LogP contribution is -2.10. The summed E-state index contributed by atoms with van der Waals surface area (Å²) in [5.41, 5.74) is 0.545. The second-order valence-corrected chi connectivity index (χ2v) is 4.52. The Bertz CT molecular complexity index is 367. The third-order valence-corrected chi connectivity index (χ3v) is 2.50. The largest absolute Gasteiger partial charge is 0.490 e. The molecule has 1 aromatic rings. The highest BCUT2D eigenvalue weighted by Crippen LogP contribution is 2.27. The van der Waals surface area contributed by atoms with E-state index in [1.807, 2.05) is 0 Å². The van der Waals surface area contributed by atoms with Gasteiger partial charge in [0, 0.05) is 10.9 Å². The van der Waals surface area contributed by atoms with E-state index in [4.69, 9.17) is 4.74 Å². The van der Waals surface area contributed by atoms with Gasteiger partial charge in [-0.25, -0.2) is 4.39 Å². The van der Waals surface area contributed by atoms with E-state index in [9.17, 15) is 17.6 Å². The summed E-state index contributed by atoms with van der Waals surface area (Å²) < 4.78 is 54.6. The molecule has 0 spiro atoms. The molecule has 0 saturated carbocycles. The first kappa shape index (κ1) is 14.3. The van der Waals surface area contributed by atoms with Crippen LogP contribution >= 0.6 is 15.9 Å². The van der Waals surface area contributed by atoms with Gasteiger partial charge in [0.1, 0.15) is 0 Å². The van der Waals surface area contributed by atoms with E-state index in [1.54, 1.807) is 13.0 Å². The lowest BCUT2D eigenvalue weighted by atomic mass is 10.2. The van der Waals surface area contributed by atoms with E-state index in [0.29, 0.717) is 10.0 Å². The summed E-state index contributed by atoms with van der Waals surface area (Å²) in [6.45, 7) is 1.48. The summed E-state index contributed by atoms with van der Waals surface area (Å²) >= 11 is 3.11. The van der Waals surface area contributed by atoms with Crippen LogP contribution in [0, 0.1) is 12.7 Å². The molecule has 0 radical (unpaired) electrons. The van der Waals surface area contributed by atoms with Gasteiger partial charge in [0.15, 0.2) is 11.6 Å². The minimum atomic E-state index is -4.20. The Labute approximate surface area is 105 Å². The van der Waals surface area contributed by atoms with Gasteiger partial charge in [0.05, 0.1) is 6.61 Å². The van der Waals surface area contributed by atoms with Crippen LogP contribution in [0.4, 0.5) is 17.6 Å². The number of aryl methyl sites for hydroxylation is 1. The molecule has 0 saturated heterocycles. The number of hydrogen-bond donors (Lipinski definition) is 0. The van der Waals surface area contributed by atoms with Gasteiger partial charge in [-0.1, -0.05) is 15.9 Å². The van der Waals surface area contributed by atoms with E-state index < -0.39 is 18.4 Å². The maximum absolute atomic E-state index is 13.4. The van der Waals surface area contributed by atoms with Crippen molar-refractivity contribution in [3.05, 3.63) is 28.0 Å². The van der Waals surface area contributed by atoms with Crippen LogP contribution in [-0.4, -0.2) is 12.8 Å². The molecule has 0 aliphatic heterocycles. The van der Waals surface area contributed by atoms with Crippen molar-refractivity contribution >= 4 is 15.9 Å². The molecule has 1 nitrogen and oxygen atoms in total. The van der Waals surface area contributed by atoms with Gasteiger partial charge in [-0.3, -0.25) is 0 Å². The van der Waals surface area contributed by atoms with Crippen LogP contribution in [0.25, 0.3) is 0 Å². The molecular formula is C11H11BrF4O. The first-order valence-electron chi connectivity index (χ1n) is 4.95. The van der Waals surface area contributed by atoms with E-state index >= 15 is 0 Å². The second-order valence-electron chi connectivity index (χ2n) is 3.60. The fourth-order valence-corrected chi connectivity index (χ4v) is 1.86. The normalized spacial score (nSPS) is 11.6. The molecule has 0 aliphatic rings. The lowest BCUT2D eigenvalue weighted by Gasteiger charge is -2.11. The van der Waals surface area contributed by atoms with Crippen LogP contribution in [0.5, 0.6) is 5.75 Å². The summed E-state index contributed by atoms with van der Waals surface area (Å²) in [6, 6.07) is 2.86. The molecular weight excluding hydrogens is 304 g/mol. The van der Waals surface area contributed by atoms with Crippen LogP contribution in [0.15, 0.2) is 16.6 Å². The predicted molar refractivity (Wildman–Crippen MR) is 59.6 cm³/mol. The van der Waals surface area contributed by atoms with Crippen LogP contribution in [-0.2, 0) is 0 Å². The van der Waals surface area contributed by atoms with Crippen molar-refractivity contribution in [3.63, 3.8) is 0 Å². The van der Waals surface area contributed by atoms with Gasteiger partial charge in [-0.05, 0) is 31.0 Å². The molecule has 6 heteroatoms. The van der Waals surface area contributed by atoms with Crippen molar-refractivity contribution in [1.29, 1.82) is 0 Å². The summed E-state index contributed by atoms with van der Waals surface area (Å²) in [6.07, 6.45) is -5.31. The van der Waals surface area contributed by atoms with Crippen molar-refractivity contribution in [3.8, 4) is 5.75 Å². The highest BCUT2D eigenvalue weighted by Gasteiger charge is 2.26. The smallest absolute Gasteiger partial charge is 0.389 e. The first-order chi connectivity index (χ1) is 7.79. The Kier molecular flexibility index (Phi) is 4.80. The topological polar surface area (TPSA) is 9.23 Å². The molecule has 0 aromatic heterocycles. The minimum absolute atomic E-state index is 0.00961. The third kappa shape index (κ3) is 4.93. The third-order valence-electron chi connectivity index (χ3n) is 2.05. The molecule has 0 atom stereocenters. The fourth-order valence-electron chi connectivity index (χ4n) is 1.32. The zero-order valence-corrected chi connectivity index (χ0v) is 10.7. The fraction of sp³-hybridized carbons (Fsp3) is 0.455. The van der Waals surface area contributed by atoms with E-state index in [2.05, 4.69) is 15.9 Å². The predicted octanol–water partition coefficient (Wildman–Crippen LogP) is 4.62. The Balaban J connectivity index is 2.53. The molecule has 0 heterocycles. The summed E-state index contributed by atoms with van der Waals surface area (Å²) in [5, 5.41) is 0. The monoisotopic (exact) mass is 314 g/mol. The number of rotatable bonds is 4. The van der Waals surface area contributed by atoms with Gasteiger partial charge in [0.2, 0.25) is 0 Å². The molecule has 0 fully saturated rings. The van der Waals surface area contributed by atoms with Crippen LogP contribution in [0.2, 0.25) is 0 Å². The molecule has 0 unspecified atom stereocenters. The number of ether oxygens (including phenoxy) is 1. The zero-order valence-electron chi connectivity index (χ0n) is 9.07. The second kappa shape index (κ2) is 5.71. The average molecular weight is 315 g/mol. The van der Waals surface area contributed by atoms with Crippen molar-refractivity contribution < 1.29 is 22.3 Å². The van der Waals surface area contributed by atoms with E-state index in [0.717, 1.165) is 0 Å². The minimum Gasteiger partial charge on any atom is -0.490 e. The Morgan fingerprint density at radius 2 is 1.94 bits per heavy atom. The lowest BCUT2D eigenvalue weighted by molar-refractivity contribution is -0.136. The molecule has 0 aliphatic carbocycles. The van der Waals surface area contributed by atoms with E-state index in [-0.39, 0.29) is 18.8 Å². The van der Waals surface area contributed by atoms with Crippen molar-refractivity contribution in [2.75, 3.05) is 6.61 Å². The maximum Gasteiger partial charge on any atom is 0.389 e. The van der Waals surface area contributed by atoms with Gasteiger partial charge in [0.25, 0.3) is 0 Å². The van der Waals surface area contributed by atoms with Crippen LogP contribution in [0.1, 0.15) is 18.4 Å². The number of halogens is 5. The first-order valence-corrected chi connectivity index (χ1v) is 5.74. The molecule has 0 amide bonds. The Morgan fingerprint density at radius 3 is 2.47 bits per heavy atom. The van der Waals surface area contributed by atoms with Crippen molar-refractivity contribution in [2.24, 2.45) is 0 Å². The summed E-state index contributed by atoms with van der Waals surface area (Å²) in [4.78, 5) is 0. The van der Waals surface area contributed by atoms with Gasteiger partial charge >= 0.3 is 6.18 Å². The van der Waals surface area contributed by atoms with Crippen molar-refractivity contribution in [1.82, 2.24) is 0 Å². The molecule has 96 valence electrons. The van der Waals surface area contributed by atoms with Gasteiger partial charge < -0.3 is 4.74 Å². The quantitative estimate of drug-likeness (QED) is 0.582. The van der Waals surface area contributed by atoms with Crippen LogP contribution < -0.4 is 4.74 Å². The molecule has 1 aromatic carbocycles. The SMILES string of the molecule is Cc1cc(Br)cc(F)c1OCCCC(F)(F)F. The Hall–Kier alpha value is -0.780. The number of hydrogen-bond acceptors (Lipinski definition) is 1. The highest BCUT2D eigenvalue weighted by molar-refractivity contribution is 9.10. The average Bonchev–Trinajstić information content (AvgIpc) is 2.13. The molecule has 0 bridgehead atoms. The summed E-state index contributed by atoms with van der Waals surface area (Å²) in [7, 11) is 0. The highest BCUT2D eigenvalue weighted by atomic mass is 79.9. The molecule has 17 heavy (non-hydrogen) atoms. The number of benzene rings is 1. The molecule has 1 rings (SSSR count). The van der Waals surface area contributed by atoms with Crippen molar-refractivity contribution in [2.45, 2.75) is 25.9 Å². The number of alkyl halides is 3. The van der Waals surface area contributed by atoms with E-state index in [1.165, 1.54) is 6.07 Å².